The maximum Gasteiger partial charge on any atom is 0.410 e. The zero-order chi connectivity index (χ0) is 31.1. The Morgan fingerprint density at radius 1 is 1.16 bits per heavy atom. The molecule has 0 saturated carbocycles. The Hall–Kier alpha value is -4.04. The van der Waals surface area contributed by atoms with Crippen molar-refractivity contribution in [3.63, 3.8) is 0 Å². The molecule has 0 radical (unpaired) electrons. The van der Waals surface area contributed by atoms with Gasteiger partial charge in [0, 0.05) is 29.2 Å². The molecule has 1 amide bonds. The van der Waals surface area contributed by atoms with Crippen molar-refractivity contribution < 1.29 is 31.5 Å². The fourth-order valence-corrected chi connectivity index (χ4v) is 5.89. The van der Waals surface area contributed by atoms with Gasteiger partial charge in [-0.2, -0.15) is 10.1 Å². The molecular weight excluding hydrogens is 606 g/mol. The summed E-state index contributed by atoms with van der Waals surface area (Å²) in [6, 6.07) is 9.31. The molecule has 2 N–H and O–H groups in total. The second kappa shape index (κ2) is 11.6. The molecule has 1 saturated heterocycles. The maximum absolute atomic E-state index is 15.2. The highest BCUT2D eigenvalue weighted by molar-refractivity contribution is 7.92. The fraction of sp³-hybridized carbons (Fsp3) is 0.357. The number of fused-ring (bicyclic) bond motifs is 1. The predicted octanol–water partition coefficient (Wildman–Crippen LogP) is 5.65. The van der Waals surface area contributed by atoms with Crippen LogP contribution in [0.5, 0.6) is 5.88 Å². The third kappa shape index (κ3) is 6.80. The number of rotatable bonds is 6. The van der Waals surface area contributed by atoms with E-state index in [-0.39, 0.29) is 41.9 Å². The topological polar surface area (TPSA) is 139 Å². The van der Waals surface area contributed by atoms with E-state index in [0.29, 0.717) is 22.3 Å². The zero-order valence-electron chi connectivity index (χ0n) is 23.7. The van der Waals surface area contributed by atoms with Crippen LogP contribution in [0.4, 0.5) is 19.3 Å². The fourth-order valence-electron chi connectivity index (χ4n) is 4.49. The second-order valence-electron chi connectivity index (χ2n) is 11.0. The first-order valence-electron chi connectivity index (χ1n) is 13.3. The van der Waals surface area contributed by atoms with Gasteiger partial charge in [-0.15, -0.1) is 0 Å². The second-order valence-corrected chi connectivity index (χ2v) is 13.1. The molecule has 15 heteroatoms. The molecule has 4 aromatic rings. The van der Waals surface area contributed by atoms with Gasteiger partial charge in [0.2, 0.25) is 5.88 Å². The molecule has 1 fully saturated rings. The summed E-state index contributed by atoms with van der Waals surface area (Å²) in [5, 5.41) is 7.56. The van der Waals surface area contributed by atoms with E-state index in [0.717, 1.165) is 12.1 Å². The molecule has 228 valence electrons. The Labute approximate surface area is 251 Å². The van der Waals surface area contributed by atoms with Crippen molar-refractivity contribution in [3.8, 4) is 17.3 Å². The van der Waals surface area contributed by atoms with E-state index in [1.165, 1.54) is 23.1 Å². The summed E-state index contributed by atoms with van der Waals surface area (Å²) in [6.07, 6.45) is -2.77. The van der Waals surface area contributed by atoms with Crippen LogP contribution < -0.4 is 9.46 Å². The number of alkyl halides is 1. The first kappa shape index (κ1) is 30.4. The summed E-state index contributed by atoms with van der Waals surface area (Å²) in [6.45, 7) is 7.01. The van der Waals surface area contributed by atoms with Gasteiger partial charge >= 0.3 is 6.09 Å². The lowest BCUT2D eigenvalue weighted by molar-refractivity contribution is -0.0111. The van der Waals surface area contributed by atoms with Crippen molar-refractivity contribution in [2.75, 3.05) is 17.8 Å². The Bertz CT molecular complexity index is 1780. The van der Waals surface area contributed by atoms with E-state index < -0.39 is 44.7 Å². The zero-order valence-corrected chi connectivity index (χ0v) is 25.3. The number of aryl methyl sites for hydroxylation is 1. The van der Waals surface area contributed by atoms with Gasteiger partial charge in [0.05, 0.1) is 12.2 Å². The Kier molecular flexibility index (Phi) is 8.18. The number of ether oxygens (including phenoxy) is 2. The largest absolute Gasteiger partial charge is 0.470 e. The third-order valence-electron chi connectivity index (χ3n) is 6.54. The highest BCUT2D eigenvalue weighted by atomic mass is 35.5. The molecule has 0 spiro atoms. The van der Waals surface area contributed by atoms with Gasteiger partial charge in [-0.05, 0) is 70.2 Å². The van der Waals surface area contributed by atoms with Gasteiger partial charge < -0.3 is 14.4 Å². The van der Waals surface area contributed by atoms with Crippen LogP contribution in [0.1, 0.15) is 32.9 Å². The van der Waals surface area contributed by atoms with Gasteiger partial charge in [0.25, 0.3) is 10.0 Å². The number of aromatic nitrogens is 4. The SMILES string of the molecule is Cc1n[nH]c2nc(-c3ccc(NS(=O)(=O)c4cc(Cl)ccc4F)cc3)nc(O[C@H]3CCN(C(=O)OC(C)(C)C)C[C@H]3F)c12. The summed E-state index contributed by atoms with van der Waals surface area (Å²) in [7, 11) is -4.26. The van der Waals surface area contributed by atoms with Crippen LogP contribution in [-0.4, -0.2) is 70.5 Å². The van der Waals surface area contributed by atoms with Gasteiger partial charge in [0.1, 0.15) is 27.8 Å². The highest BCUT2D eigenvalue weighted by Crippen LogP contribution is 2.31. The van der Waals surface area contributed by atoms with E-state index in [1.54, 1.807) is 39.8 Å². The molecule has 3 heterocycles. The number of benzene rings is 2. The number of H-pyrrole nitrogens is 1. The number of sulfonamides is 1. The first-order chi connectivity index (χ1) is 20.2. The lowest BCUT2D eigenvalue weighted by atomic mass is 10.1. The van der Waals surface area contributed by atoms with E-state index in [4.69, 9.17) is 21.1 Å². The average molecular weight is 635 g/mol. The molecule has 43 heavy (non-hydrogen) atoms. The van der Waals surface area contributed by atoms with Crippen molar-refractivity contribution in [1.82, 2.24) is 25.1 Å². The van der Waals surface area contributed by atoms with E-state index >= 15 is 4.39 Å². The smallest absolute Gasteiger partial charge is 0.410 e. The quantitative estimate of drug-likeness (QED) is 0.277. The number of carbonyl (C=O) groups is 1. The highest BCUT2D eigenvalue weighted by Gasteiger charge is 2.36. The summed E-state index contributed by atoms with van der Waals surface area (Å²) in [5.41, 5.74) is 0.869. The van der Waals surface area contributed by atoms with Gasteiger partial charge in [-0.1, -0.05) is 11.6 Å². The Morgan fingerprint density at radius 3 is 2.56 bits per heavy atom. The van der Waals surface area contributed by atoms with Crippen molar-refractivity contribution >= 4 is 44.4 Å². The molecular formula is C28H29ClF2N6O5S. The summed E-state index contributed by atoms with van der Waals surface area (Å²) in [4.78, 5) is 22.2. The number of carbonyl (C=O) groups excluding carboxylic acids is 1. The minimum Gasteiger partial charge on any atom is -0.470 e. The Balaban J connectivity index is 1.36. The Morgan fingerprint density at radius 2 is 1.88 bits per heavy atom. The number of aromatic amines is 1. The lowest BCUT2D eigenvalue weighted by Crippen LogP contribution is -2.50. The number of piperidine rings is 1. The van der Waals surface area contributed by atoms with E-state index in [1.807, 2.05) is 0 Å². The van der Waals surface area contributed by atoms with Crippen molar-refractivity contribution in [1.29, 1.82) is 0 Å². The number of hydrogen-bond acceptors (Lipinski definition) is 8. The molecule has 11 nitrogen and oxygen atoms in total. The number of halogens is 3. The molecule has 1 aliphatic rings. The molecule has 5 rings (SSSR count). The van der Waals surface area contributed by atoms with Crippen molar-refractivity contribution in [2.24, 2.45) is 0 Å². The standard InChI is InChI=1S/C28H29ClF2N6O5S/c1-15-23-25(35-34-15)32-24(33-26(23)41-21-11-12-37(14-20(21)31)27(38)42-28(2,3)4)16-5-8-18(9-6-16)36-43(39,40)22-13-17(29)7-10-19(22)30/h5-10,13,20-21,36H,11-12,14H2,1-4H3,(H,32,33,34,35)/t20-,21+/m1/s1. The van der Waals surface area contributed by atoms with Crippen LogP contribution >= 0.6 is 11.6 Å². The minimum absolute atomic E-state index is 0.0735. The number of likely N-dealkylation sites (tertiary alicyclic amines) is 1. The van der Waals surface area contributed by atoms with E-state index in [2.05, 4.69) is 24.9 Å². The number of hydrogen-bond donors (Lipinski definition) is 2. The molecule has 0 aliphatic carbocycles. The van der Waals surface area contributed by atoms with Crippen LogP contribution in [0.15, 0.2) is 47.4 Å². The summed E-state index contributed by atoms with van der Waals surface area (Å²) < 4.78 is 68.6. The minimum atomic E-state index is -4.26. The summed E-state index contributed by atoms with van der Waals surface area (Å²) >= 11 is 5.85. The number of anilines is 1. The third-order valence-corrected chi connectivity index (χ3v) is 8.17. The maximum atomic E-state index is 15.2. The van der Waals surface area contributed by atoms with Crippen LogP contribution in [0, 0.1) is 12.7 Å². The monoisotopic (exact) mass is 634 g/mol. The molecule has 2 atom stereocenters. The van der Waals surface area contributed by atoms with E-state index in [9.17, 15) is 17.6 Å². The van der Waals surface area contributed by atoms with Crippen LogP contribution in [-0.2, 0) is 14.8 Å². The van der Waals surface area contributed by atoms with Crippen molar-refractivity contribution in [3.05, 3.63) is 59.0 Å². The molecule has 2 aromatic heterocycles. The first-order valence-corrected chi connectivity index (χ1v) is 15.2. The number of nitrogens with zero attached hydrogens (tertiary/aromatic N) is 4. The van der Waals surface area contributed by atoms with Crippen LogP contribution in [0.25, 0.3) is 22.4 Å². The van der Waals surface area contributed by atoms with Gasteiger partial charge in [-0.25, -0.2) is 27.0 Å². The van der Waals surface area contributed by atoms with Gasteiger partial charge in [-0.3, -0.25) is 9.82 Å². The van der Waals surface area contributed by atoms with Gasteiger partial charge in [0.15, 0.2) is 17.6 Å². The molecule has 2 aromatic carbocycles. The average Bonchev–Trinajstić information content (AvgIpc) is 3.31. The summed E-state index contributed by atoms with van der Waals surface area (Å²) in [5.74, 6) is -0.613. The number of amides is 1. The number of nitrogens with one attached hydrogen (secondary N) is 2. The molecule has 0 unspecified atom stereocenters. The van der Waals surface area contributed by atoms with Crippen molar-refractivity contribution in [2.45, 2.75) is 56.9 Å². The predicted molar refractivity (Wildman–Crippen MR) is 156 cm³/mol. The molecule has 1 aliphatic heterocycles. The van der Waals surface area contributed by atoms with Crippen LogP contribution in [0.3, 0.4) is 0 Å². The lowest BCUT2D eigenvalue weighted by Gasteiger charge is -2.35. The normalized spacial score (nSPS) is 17.6. The molecule has 0 bridgehead atoms. The van der Waals surface area contributed by atoms with Crippen LogP contribution in [0.2, 0.25) is 5.02 Å².